The quantitative estimate of drug-likeness (QED) is 0.371. The maximum absolute atomic E-state index is 11.1. The summed E-state index contributed by atoms with van der Waals surface area (Å²) in [6.45, 7) is 12.7. The van der Waals surface area contributed by atoms with Crippen LogP contribution >= 0.6 is 0 Å². The van der Waals surface area contributed by atoms with E-state index in [0.717, 1.165) is 25.7 Å². The highest BCUT2D eigenvalue weighted by Crippen LogP contribution is 2.48. The molecule has 0 aliphatic carbocycles. The summed E-state index contributed by atoms with van der Waals surface area (Å²) in [7, 11) is 0. The van der Waals surface area contributed by atoms with Gasteiger partial charge in [0.15, 0.2) is 0 Å². The van der Waals surface area contributed by atoms with Gasteiger partial charge in [0, 0.05) is 0 Å². The third-order valence-corrected chi connectivity index (χ3v) is 7.78. The summed E-state index contributed by atoms with van der Waals surface area (Å²) >= 11 is 0. The first-order valence-electron chi connectivity index (χ1n) is 12.1. The second-order valence-electron chi connectivity index (χ2n) is 10.5. The van der Waals surface area contributed by atoms with Gasteiger partial charge < -0.3 is 24.4 Å². The van der Waals surface area contributed by atoms with Crippen LogP contribution in [0.1, 0.15) is 73.6 Å². The number of rotatable bonds is 11. The molecular weight excluding hydrogens is 396 g/mol. The highest BCUT2D eigenvalue weighted by molar-refractivity contribution is 5.67. The average molecular weight is 439 g/mol. The monoisotopic (exact) mass is 438 g/mol. The summed E-state index contributed by atoms with van der Waals surface area (Å²) in [5, 5.41) is 19.1. The van der Waals surface area contributed by atoms with Crippen molar-refractivity contribution >= 4 is 5.97 Å². The topological polar surface area (TPSA) is 91.8 Å². The van der Waals surface area contributed by atoms with Crippen LogP contribution in [0, 0.1) is 23.7 Å². The molecule has 2 N–H and O–H groups in total. The molecule has 2 unspecified atom stereocenters. The molecule has 3 rings (SSSR count). The van der Waals surface area contributed by atoms with E-state index in [2.05, 4.69) is 46.8 Å². The molecule has 3 heterocycles. The highest BCUT2D eigenvalue weighted by Gasteiger charge is 2.59. The lowest BCUT2D eigenvalue weighted by atomic mass is 9.83. The number of hydrogen-bond acceptors (Lipinski definition) is 5. The van der Waals surface area contributed by atoms with Gasteiger partial charge in [0.2, 0.25) is 0 Å². The molecule has 31 heavy (non-hydrogen) atoms. The number of allylic oxidation sites excluding steroid dienone is 1. The molecule has 3 saturated heterocycles. The van der Waals surface area contributed by atoms with Crippen molar-refractivity contribution in [2.45, 2.75) is 116 Å². The molecule has 3 aliphatic rings. The Kier molecular flexibility index (Phi) is 7.88. The zero-order chi connectivity index (χ0) is 22.9. The molecule has 0 spiro atoms. The van der Waals surface area contributed by atoms with Gasteiger partial charge in [-0.1, -0.05) is 46.3 Å². The third kappa shape index (κ3) is 5.89. The Morgan fingerprint density at radius 2 is 1.94 bits per heavy atom. The van der Waals surface area contributed by atoms with Crippen LogP contribution in [0.25, 0.3) is 0 Å². The fourth-order valence-corrected chi connectivity index (χ4v) is 5.69. The van der Waals surface area contributed by atoms with Gasteiger partial charge >= 0.3 is 5.97 Å². The normalized spacial score (nSPS) is 41.5. The Balaban J connectivity index is 1.47. The second kappa shape index (κ2) is 9.90. The molecule has 0 radical (unpaired) electrons. The average Bonchev–Trinajstić information content (AvgIpc) is 3.58. The molecule has 0 aromatic carbocycles. The highest BCUT2D eigenvalue weighted by atomic mass is 16.6. The minimum atomic E-state index is -0.806. The van der Waals surface area contributed by atoms with Gasteiger partial charge in [-0.2, -0.15) is 0 Å². The Morgan fingerprint density at radius 1 is 1.23 bits per heavy atom. The van der Waals surface area contributed by atoms with E-state index in [9.17, 15) is 9.90 Å². The predicted octanol–water partition coefficient (Wildman–Crippen LogP) is 4.20. The molecule has 11 atom stereocenters. The van der Waals surface area contributed by atoms with E-state index >= 15 is 0 Å². The van der Waals surface area contributed by atoms with E-state index in [0.29, 0.717) is 17.8 Å². The van der Waals surface area contributed by atoms with E-state index in [-0.39, 0.29) is 54.6 Å². The minimum absolute atomic E-state index is 0.0144. The number of epoxide rings is 2. The van der Waals surface area contributed by atoms with Crippen LogP contribution in [0.5, 0.6) is 0 Å². The van der Waals surface area contributed by atoms with Crippen molar-refractivity contribution in [2.24, 2.45) is 23.7 Å². The van der Waals surface area contributed by atoms with Crippen LogP contribution in [-0.4, -0.2) is 58.4 Å². The molecule has 0 aromatic heterocycles. The van der Waals surface area contributed by atoms with E-state index in [4.69, 9.17) is 19.3 Å². The molecular formula is C25H42O6. The molecule has 0 amide bonds. The number of aliphatic carboxylic acids is 1. The van der Waals surface area contributed by atoms with Crippen molar-refractivity contribution in [1.29, 1.82) is 0 Å². The largest absolute Gasteiger partial charge is 0.481 e. The lowest BCUT2D eigenvalue weighted by Gasteiger charge is -2.36. The second-order valence-corrected chi connectivity index (χ2v) is 10.5. The van der Waals surface area contributed by atoms with E-state index in [1.54, 1.807) is 0 Å². The maximum atomic E-state index is 11.1. The zero-order valence-electron chi connectivity index (χ0n) is 20.0. The smallest absolute Gasteiger partial charge is 0.305 e. The van der Waals surface area contributed by atoms with Crippen LogP contribution in [0.3, 0.4) is 0 Å². The lowest BCUT2D eigenvalue weighted by molar-refractivity contribution is -0.149. The van der Waals surface area contributed by atoms with Crippen molar-refractivity contribution < 1.29 is 29.2 Å². The molecule has 6 heteroatoms. The number of carboxylic acids is 1. The standard InChI is InChI=1S/C25H42O6/c1-7-19(17(5)26)16(4)23-20(30-23)12-14(2)8-11-21-25(6,31-21)24-15(3)9-10-18(29-24)13-22(27)28/h8,11,14-21,23-24,26H,7,9-10,12-13H2,1-6H3,(H,27,28)/b11-8+/t14-,15-,16-,17-,18-,19-,20+,21?,23-,24+,25?/m1/s1. The summed E-state index contributed by atoms with van der Waals surface area (Å²) in [5.41, 5.74) is -0.369. The van der Waals surface area contributed by atoms with Crippen LogP contribution in [0.4, 0.5) is 0 Å². The van der Waals surface area contributed by atoms with E-state index in [1.165, 1.54) is 0 Å². The molecule has 0 bridgehead atoms. The molecule has 6 nitrogen and oxygen atoms in total. The predicted molar refractivity (Wildman–Crippen MR) is 119 cm³/mol. The van der Waals surface area contributed by atoms with Gasteiger partial charge in [0.25, 0.3) is 0 Å². The van der Waals surface area contributed by atoms with Gasteiger partial charge in [0.1, 0.15) is 11.7 Å². The SMILES string of the molecule is CC[C@H]([C@@H](C)[C@H]1O[C@H]1C[C@H](C)/C=C/C1OC1(C)[C@H]1O[C@@H](CC(=O)O)CC[C@H]1C)[C@@H](C)O. The molecule has 3 fully saturated rings. The van der Waals surface area contributed by atoms with E-state index < -0.39 is 5.97 Å². The van der Waals surface area contributed by atoms with Crippen molar-refractivity contribution in [2.75, 3.05) is 0 Å². The van der Waals surface area contributed by atoms with Gasteiger partial charge in [-0.3, -0.25) is 4.79 Å². The number of ether oxygens (including phenoxy) is 3. The molecule has 0 saturated carbocycles. The fourth-order valence-electron chi connectivity index (χ4n) is 5.69. The minimum Gasteiger partial charge on any atom is -0.481 e. The lowest BCUT2D eigenvalue weighted by Crippen LogP contribution is -2.44. The van der Waals surface area contributed by atoms with E-state index in [1.807, 2.05) is 6.92 Å². The molecule has 3 aliphatic heterocycles. The number of aliphatic hydroxyl groups is 1. The summed E-state index contributed by atoms with van der Waals surface area (Å²) in [6.07, 6.45) is 8.08. The maximum Gasteiger partial charge on any atom is 0.305 e. The summed E-state index contributed by atoms with van der Waals surface area (Å²) in [6, 6.07) is 0. The summed E-state index contributed by atoms with van der Waals surface area (Å²) < 4.78 is 18.2. The van der Waals surface area contributed by atoms with Crippen LogP contribution < -0.4 is 0 Å². The summed E-state index contributed by atoms with van der Waals surface area (Å²) in [5.74, 6) is 0.577. The number of carbonyl (C=O) groups is 1. The van der Waals surface area contributed by atoms with Crippen LogP contribution in [0.2, 0.25) is 0 Å². The third-order valence-electron chi connectivity index (χ3n) is 7.78. The molecule has 0 aromatic rings. The Morgan fingerprint density at radius 3 is 2.55 bits per heavy atom. The Hall–Kier alpha value is -0.950. The first kappa shape index (κ1) is 24.7. The Labute approximate surface area is 187 Å². The number of aliphatic hydroxyl groups excluding tert-OH is 1. The van der Waals surface area contributed by atoms with Gasteiger partial charge in [-0.05, 0) is 56.8 Å². The van der Waals surface area contributed by atoms with Crippen LogP contribution in [0.15, 0.2) is 12.2 Å². The van der Waals surface area contributed by atoms with Crippen molar-refractivity contribution in [3.63, 3.8) is 0 Å². The summed E-state index contributed by atoms with van der Waals surface area (Å²) in [4.78, 5) is 11.1. The van der Waals surface area contributed by atoms with Crippen LogP contribution in [-0.2, 0) is 19.0 Å². The Bertz CT molecular complexity index is 648. The van der Waals surface area contributed by atoms with Gasteiger partial charge in [0.05, 0.1) is 36.9 Å². The van der Waals surface area contributed by atoms with Gasteiger partial charge in [-0.15, -0.1) is 0 Å². The first-order valence-corrected chi connectivity index (χ1v) is 12.1. The zero-order valence-corrected chi connectivity index (χ0v) is 20.0. The first-order chi connectivity index (χ1) is 14.6. The number of carboxylic acid groups (broad SMARTS) is 1. The molecule has 178 valence electrons. The fraction of sp³-hybridized carbons (Fsp3) is 0.880. The van der Waals surface area contributed by atoms with Crippen molar-refractivity contribution in [3.8, 4) is 0 Å². The van der Waals surface area contributed by atoms with Crippen molar-refractivity contribution in [1.82, 2.24) is 0 Å². The van der Waals surface area contributed by atoms with Crippen molar-refractivity contribution in [3.05, 3.63) is 12.2 Å². The number of hydrogen-bond donors (Lipinski definition) is 2. The van der Waals surface area contributed by atoms with Gasteiger partial charge in [-0.25, -0.2) is 0 Å².